The second-order valence-electron chi connectivity index (χ2n) is 8.53. The number of nitrogens with zero attached hydrogens (tertiary/aromatic N) is 2. The summed E-state index contributed by atoms with van der Waals surface area (Å²) in [6.07, 6.45) is 6.97. The van der Waals surface area contributed by atoms with Crippen molar-refractivity contribution in [2.75, 3.05) is 32.8 Å². The van der Waals surface area contributed by atoms with Gasteiger partial charge in [-0.15, -0.1) is 0 Å². The van der Waals surface area contributed by atoms with Crippen molar-refractivity contribution >= 4 is 11.9 Å². The zero-order valence-corrected chi connectivity index (χ0v) is 19.6. The molecular formula is C26H34N2O5. The molecule has 1 atom stereocenters. The average molecular weight is 455 g/mol. The predicted octanol–water partition coefficient (Wildman–Crippen LogP) is 4.58. The van der Waals surface area contributed by atoms with Crippen LogP contribution in [0.3, 0.4) is 0 Å². The van der Waals surface area contributed by atoms with Crippen molar-refractivity contribution in [3.8, 4) is 16.9 Å². The van der Waals surface area contributed by atoms with Gasteiger partial charge in [-0.2, -0.15) is 0 Å². The molecule has 0 aliphatic carbocycles. The monoisotopic (exact) mass is 454 g/mol. The number of carbonyl (C=O) groups excluding carboxylic acids is 1. The molecule has 7 nitrogen and oxygen atoms in total. The van der Waals surface area contributed by atoms with Crippen LogP contribution in [0, 0.1) is 12.8 Å². The summed E-state index contributed by atoms with van der Waals surface area (Å²) in [5.41, 5.74) is 2.37. The second-order valence-corrected chi connectivity index (χ2v) is 8.53. The van der Waals surface area contributed by atoms with Crippen molar-refractivity contribution in [3.05, 3.63) is 47.8 Å². The first-order valence-electron chi connectivity index (χ1n) is 11.8. The number of carbonyl (C=O) groups is 2. The molecule has 178 valence electrons. The van der Waals surface area contributed by atoms with Crippen LogP contribution in [0.2, 0.25) is 0 Å². The number of ether oxygens (including phenoxy) is 2. The highest BCUT2D eigenvalue weighted by atomic mass is 16.5. The number of likely N-dealkylation sites (tertiary alicyclic amines) is 1. The van der Waals surface area contributed by atoms with Crippen LogP contribution in [-0.4, -0.2) is 59.8 Å². The van der Waals surface area contributed by atoms with Crippen molar-refractivity contribution in [2.45, 2.75) is 46.0 Å². The lowest BCUT2D eigenvalue weighted by Crippen LogP contribution is -2.39. The topological polar surface area (TPSA) is 89.0 Å². The quantitative estimate of drug-likeness (QED) is 0.393. The zero-order valence-electron chi connectivity index (χ0n) is 19.6. The molecule has 1 aliphatic heterocycles. The largest absolute Gasteiger partial charge is 0.493 e. The van der Waals surface area contributed by atoms with Gasteiger partial charge >= 0.3 is 11.9 Å². The van der Waals surface area contributed by atoms with Crippen LogP contribution in [0.15, 0.2) is 36.5 Å². The summed E-state index contributed by atoms with van der Waals surface area (Å²) >= 11 is 0. The lowest BCUT2D eigenvalue weighted by atomic mass is 9.93. The SMILES string of the molecule is CCOC(=O)CN1CCC[C@@H](CCCCOc2cccc(-c3cccnc3C(=O)O)c2C)C1. The van der Waals surface area contributed by atoms with E-state index >= 15 is 0 Å². The van der Waals surface area contributed by atoms with Gasteiger partial charge in [0, 0.05) is 18.3 Å². The van der Waals surface area contributed by atoms with Crippen molar-refractivity contribution in [1.82, 2.24) is 9.88 Å². The van der Waals surface area contributed by atoms with Crippen LogP contribution in [0.5, 0.6) is 5.75 Å². The molecule has 0 unspecified atom stereocenters. The number of aromatic nitrogens is 1. The third-order valence-electron chi connectivity index (χ3n) is 6.11. The maximum Gasteiger partial charge on any atom is 0.355 e. The highest BCUT2D eigenvalue weighted by Crippen LogP contribution is 2.31. The van der Waals surface area contributed by atoms with E-state index in [-0.39, 0.29) is 11.7 Å². The van der Waals surface area contributed by atoms with Crippen molar-refractivity contribution in [3.63, 3.8) is 0 Å². The second kappa shape index (κ2) is 12.3. The van der Waals surface area contributed by atoms with E-state index < -0.39 is 5.97 Å². The van der Waals surface area contributed by atoms with E-state index in [9.17, 15) is 14.7 Å². The van der Waals surface area contributed by atoms with Crippen LogP contribution >= 0.6 is 0 Å². The third kappa shape index (κ3) is 7.02. The number of benzene rings is 1. The van der Waals surface area contributed by atoms with Crippen molar-refractivity contribution in [1.29, 1.82) is 0 Å². The molecule has 3 rings (SSSR count). The Morgan fingerprint density at radius 3 is 2.79 bits per heavy atom. The molecule has 0 radical (unpaired) electrons. The minimum Gasteiger partial charge on any atom is -0.493 e. The van der Waals surface area contributed by atoms with Crippen LogP contribution in [0.25, 0.3) is 11.1 Å². The predicted molar refractivity (Wildman–Crippen MR) is 127 cm³/mol. The Morgan fingerprint density at radius 2 is 2.00 bits per heavy atom. The van der Waals surface area contributed by atoms with E-state index in [4.69, 9.17) is 9.47 Å². The highest BCUT2D eigenvalue weighted by Gasteiger charge is 2.22. The Bertz CT molecular complexity index is 946. The van der Waals surface area contributed by atoms with Crippen molar-refractivity contribution in [2.24, 2.45) is 5.92 Å². The number of unbranched alkanes of at least 4 members (excludes halogenated alkanes) is 1. The van der Waals surface area contributed by atoms with Crippen LogP contribution in [0.1, 0.15) is 55.1 Å². The molecule has 1 aliphatic rings. The summed E-state index contributed by atoms with van der Waals surface area (Å²) in [7, 11) is 0. The Kier molecular flexibility index (Phi) is 9.24. The van der Waals surface area contributed by atoms with E-state index in [2.05, 4.69) is 9.88 Å². The number of aromatic carboxylic acids is 1. The van der Waals surface area contributed by atoms with Crippen LogP contribution in [-0.2, 0) is 9.53 Å². The summed E-state index contributed by atoms with van der Waals surface area (Å²) in [6.45, 7) is 7.15. The number of pyridine rings is 1. The van der Waals surface area contributed by atoms with E-state index in [0.717, 1.165) is 55.6 Å². The number of piperidine rings is 1. The molecule has 7 heteroatoms. The molecule has 1 aromatic carbocycles. The Balaban J connectivity index is 1.48. The van der Waals surface area contributed by atoms with Gasteiger partial charge in [-0.1, -0.05) is 18.2 Å². The minimum absolute atomic E-state index is 0.0437. The molecule has 2 heterocycles. The van der Waals surface area contributed by atoms with E-state index in [0.29, 0.717) is 31.2 Å². The first kappa shape index (κ1) is 24.7. The van der Waals surface area contributed by atoms with Gasteiger partial charge < -0.3 is 14.6 Å². The number of carboxylic acids is 1. The molecule has 1 aromatic heterocycles. The molecule has 1 saturated heterocycles. The maximum atomic E-state index is 11.7. The number of carboxylic acid groups (broad SMARTS) is 1. The number of hydrogen-bond acceptors (Lipinski definition) is 6. The van der Waals surface area contributed by atoms with Gasteiger partial charge in [0.25, 0.3) is 0 Å². The van der Waals surface area contributed by atoms with Gasteiger partial charge in [-0.3, -0.25) is 9.69 Å². The van der Waals surface area contributed by atoms with Gasteiger partial charge in [0.2, 0.25) is 0 Å². The van der Waals surface area contributed by atoms with Gasteiger partial charge in [0.1, 0.15) is 5.75 Å². The Hall–Kier alpha value is -2.93. The van der Waals surface area contributed by atoms with Crippen molar-refractivity contribution < 1.29 is 24.2 Å². The van der Waals surface area contributed by atoms with E-state index in [1.165, 1.54) is 12.6 Å². The molecule has 0 saturated carbocycles. The fraction of sp³-hybridized carbons (Fsp3) is 0.500. The smallest absolute Gasteiger partial charge is 0.355 e. The molecular weight excluding hydrogens is 420 g/mol. The lowest BCUT2D eigenvalue weighted by molar-refractivity contribution is -0.144. The molecule has 1 N–H and O–H groups in total. The lowest BCUT2D eigenvalue weighted by Gasteiger charge is -2.32. The molecule has 33 heavy (non-hydrogen) atoms. The first-order chi connectivity index (χ1) is 16.0. The van der Waals surface area contributed by atoms with E-state index in [1.54, 1.807) is 12.1 Å². The van der Waals surface area contributed by atoms with Gasteiger partial charge in [-0.05, 0) is 81.7 Å². The fourth-order valence-electron chi connectivity index (χ4n) is 4.49. The van der Waals surface area contributed by atoms with Gasteiger partial charge in [0.05, 0.1) is 19.8 Å². The summed E-state index contributed by atoms with van der Waals surface area (Å²) in [5.74, 6) is 0.204. The number of hydrogen-bond donors (Lipinski definition) is 1. The molecule has 2 aromatic rings. The minimum atomic E-state index is -1.04. The summed E-state index contributed by atoms with van der Waals surface area (Å²) in [5, 5.41) is 9.46. The Labute approximate surface area is 195 Å². The summed E-state index contributed by atoms with van der Waals surface area (Å²) in [4.78, 5) is 29.5. The van der Waals surface area contributed by atoms with Crippen LogP contribution in [0.4, 0.5) is 0 Å². The maximum absolute atomic E-state index is 11.7. The Morgan fingerprint density at radius 1 is 1.18 bits per heavy atom. The standard InChI is InChI=1S/C26H34N2O5/c1-3-32-24(29)18-28-15-8-10-20(17-28)9-4-5-16-33-23-13-6-11-21(19(23)2)22-12-7-14-27-25(22)26(30)31/h6-7,11-14,20H,3-5,8-10,15-18H2,1-2H3,(H,30,31)/t20-/m1/s1. The fourth-order valence-corrected chi connectivity index (χ4v) is 4.49. The van der Waals surface area contributed by atoms with Gasteiger partial charge in [-0.25, -0.2) is 9.78 Å². The van der Waals surface area contributed by atoms with E-state index in [1.807, 2.05) is 32.0 Å². The number of rotatable bonds is 11. The average Bonchev–Trinajstić information content (AvgIpc) is 2.80. The summed E-state index contributed by atoms with van der Waals surface area (Å²) < 4.78 is 11.1. The molecule has 0 bridgehead atoms. The zero-order chi connectivity index (χ0) is 23.6. The summed E-state index contributed by atoms with van der Waals surface area (Å²) in [6, 6.07) is 9.23. The molecule has 0 spiro atoms. The molecule has 0 amide bonds. The number of esters is 1. The highest BCUT2D eigenvalue weighted by molar-refractivity contribution is 5.94. The third-order valence-corrected chi connectivity index (χ3v) is 6.11. The normalized spacial score (nSPS) is 16.4. The molecule has 1 fully saturated rings. The first-order valence-corrected chi connectivity index (χ1v) is 11.8. The van der Waals surface area contributed by atoms with Gasteiger partial charge in [0.15, 0.2) is 5.69 Å². The van der Waals surface area contributed by atoms with Crippen LogP contribution < -0.4 is 4.74 Å².